The third-order valence-corrected chi connectivity index (χ3v) is 6.37. The van der Waals surface area contributed by atoms with Gasteiger partial charge < -0.3 is 9.80 Å². The minimum Gasteiger partial charge on any atom is -0.338 e. The summed E-state index contributed by atoms with van der Waals surface area (Å²) >= 11 is 13.4. The van der Waals surface area contributed by atoms with Gasteiger partial charge in [0, 0.05) is 49.4 Å². The molecular weight excluding hydrogens is 453 g/mol. The fraction of sp³-hybridized carbons (Fsp3) is 0.286. The molecular formula is C21H19Cl2N7O2. The van der Waals surface area contributed by atoms with E-state index in [1.165, 1.54) is 12.1 Å². The topological polar surface area (TPSA) is 92.7 Å². The first-order valence-corrected chi connectivity index (χ1v) is 10.9. The SMILES string of the molecule is CN1CCN(c2nnc3n2-c2c(Cl)ccc(Cl)c2C(c2cccc([N+](=O)[O-])c2)=NC3)CC1. The highest BCUT2D eigenvalue weighted by Crippen LogP contribution is 2.38. The molecule has 0 radical (unpaired) electrons. The molecule has 32 heavy (non-hydrogen) atoms. The molecule has 11 heteroatoms. The van der Waals surface area contributed by atoms with Crippen molar-refractivity contribution in [2.45, 2.75) is 6.54 Å². The summed E-state index contributed by atoms with van der Waals surface area (Å²) < 4.78 is 1.92. The quantitative estimate of drug-likeness (QED) is 0.428. The molecule has 3 aromatic rings. The van der Waals surface area contributed by atoms with Crippen molar-refractivity contribution in [3.63, 3.8) is 0 Å². The predicted octanol–water partition coefficient (Wildman–Crippen LogP) is 3.59. The van der Waals surface area contributed by atoms with E-state index in [1.807, 2.05) is 4.57 Å². The normalized spacial score (nSPS) is 16.2. The molecule has 2 aliphatic rings. The molecule has 2 aliphatic heterocycles. The van der Waals surface area contributed by atoms with Crippen LogP contribution in [0.15, 0.2) is 41.4 Å². The van der Waals surface area contributed by atoms with Crippen LogP contribution in [0.5, 0.6) is 0 Å². The number of non-ortho nitro benzene ring substituents is 1. The highest BCUT2D eigenvalue weighted by atomic mass is 35.5. The summed E-state index contributed by atoms with van der Waals surface area (Å²) in [5.41, 5.74) is 2.34. The van der Waals surface area contributed by atoms with Crippen LogP contribution in [0.1, 0.15) is 17.0 Å². The van der Waals surface area contributed by atoms with Gasteiger partial charge in [-0.2, -0.15) is 0 Å². The van der Waals surface area contributed by atoms with Crippen molar-refractivity contribution in [1.82, 2.24) is 19.7 Å². The highest BCUT2D eigenvalue weighted by Gasteiger charge is 2.30. The van der Waals surface area contributed by atoms with E-state index in [4.69, 9.17) is 28.2 Å². The summed E-state index contributed by atoms with van der Waals surface area (Å²) in [6, 6.07) is 9.79. The number of nitro groups is 1. The average Bonchev–Trinajstić information content (AvgIpc) is 3.12. The van der Waals surface area contributed by atoms with Crippen molar-refractivity contribution in [2.24, 2.45) is 4.99 Å². The lowest BCUT2D eigenvalue weighted by Gasteiger charge is -2.33. The molecule has 9 nitrogen and oxygen atoms in total. The molecule has 1 fully saturated rings. The van der Waals surface area contributed by atoms with Crippen molar-refractivity contribution in [2.75, 3.05) is 38.1 Å². The fourth-order valence-electron chi connectivity index (χ4n) is 4.07. The smallest absolute Gasteiger partial charge is 0.270 e. The van der Waals surface area contributed by atoms with E-state index < -0.39 is 4.92 Å². The molecule has 2 aromatic carbocycles. The number of nitrogens with zero attached hydrogens (tertiary/aromatic N) is 7. The Bertz CT molecular complexity index is 1250. The van der Waals surface area contributed by atoms with Crippen LogP contribution < -0.4 is 4.90 Å². The van der Waals surface area contributed by atoms with Gasteiger partial charge in [-0.3, -0.25) is 19.7 Å². The molecule has 5 rings (SSSR count). The van der Waals surface area contributed by atoms with Crippen molar-refractivity contribution in [1.29, 1.82) is 0 Å². The highest BCUT2D eigenvalue weighted by molar-refractivity contribution is 6.39. The van der Waals surface area contributed by atoms with Crippen LogP contribution >= 0.6 is 23.2 Å². The predicted molar refractivity (Wildman–Crippen MR) is 124 cm³/mol. The Labute approximate surface area is 194 Å². The van der Waals surface area contributed by atoms with Crippen LogP contribution in [0.4, 0.5) is 11.6 Å². The van der Waals surface area contributed by atoms with Crippen molar-refractivity contribution >= 4 is 40.5 Å². The van der Waals surface area contributed by atoms with Crippen molar-refractivity contribution < 1.29 is 4.92 Å². The summed E-state index contributed by atoms with van der Waals surface area (Å²) in [4.78, 5) is 20.1. The van der Waals surface area contributed by atoms with E-state index in [9.17, 15) is 10.1 Å². The van der Waals surface area contributed by atoms with Gasteiger partial charge in [0.15, 0.2) is 5.82 Å². The molecule has 0 saturated carbocycles. The number of likely N-dealkylation sites (N-methyl/N-ethyl adjacent to an activating group) is 1. The monoisotopic (exact) mass is 471 g/mol. The summed E-state index contributed by atoms with van der Waals surface area (Å²) in [5, 5.41) is 21.1. The number of hydrogen-bond donors (Lipinski definition) is 0. The number of piperazine rings is 1. The van der Waals surface area contributed by atoms with E-state index in [0.717, 1.165) is 26.2 Å². The third-order valence-electron chi connectivity index (χ3n) is 5.75. The number of nitro benzene ring substituents is 1. The number of halogens is 2. The standard InChI is InChI=1S/C21H19Cl2N7O2/c1-27-7-9-28(10-8-27)21-26-25-17-12-24-19(13-3-2-4-14(11-13)30(31)32)18-15(22)5-6-16(23)20(18)29(17)21/h2-6,11H,7-10,12H2,1H3. The van der Waals surface area contributed by atoms with E-state index in [-0.39, 0.29) is 12.2 Å². The van der Waals surface area contributed by atoms with Gasteiger partial charge in [0.25, 0.3) is 5.69 Å². The summed E-state index contributed by atoms with van der Waals surface area (Å²) in [6.45, 7) is 3.67. The Hall–Kier alpha value is -3.01. The lowest BCUT2D eigenvalue weighted by molar-refractivity contribution is -0.384. The zero-order chi connectivity index (χ0) is 22.4. The Morgan fingerprint density at radius 3 is 2.53 bits per heavy atom. The van der Waals surface area contributed by atoms with Crippen LogP contribution in [-0.2, 0) is 6.54 Å². The van der Waals surface area contributed by atoms with Gasteiger partial charge in [0.1, 0.15) is 6.54 Å². The number of rotatable bonds is 3. The Kier molecular flexibility index (Phi) is 5.32. The second kappa shape index (κ2) is 8.16. The number of benzene rings is 2. The molecule has 1 saturated heterocycles. The van der Waals surface area contributed by atoms with Crippen LogP contribution in [0.2, 0.25) is 10.0 Å². The summed E-state index contributed by atoms with van der Waals surface area (Å²) in [7, 11) is 2.09. The number of aromatic nitrogens is 3. The fourth-order valence-corrected chi connectivity index (χ4v) is 4.55. The lowest BCUT2D eigenvalue weighted by Crippen LogP contribution is -2.45. The molecule has 0 aliphatic carbocycles. The van der Waals surface area contributed by atoms with Crippen molar-refractivity contribution in [3.05, 3.63) is 73.5 Å². The first-order chi connectivity index (χ1) is 15.4. The summed E-state index contributed by atoms with van der Waals surface area (Å²) in [6.07, 6.45) is 0. The molecule has 1 aromatic heterocycles. The van der Waals surface area contributed by atoms with Gasteiger partial charge in [0.05, 0.1) is 26.4 Å². The van der Waals surface area contributed by atoms with E-state index in [0.29, 0.717) is 44.3 Å². The van der Waals surface area contributed by atoms with Crippen LogP contribution in [0, 0.1) is 10.1 Å². The number of fused-ring (bicyclic) bond motifs is 3. The van der Waals surface area contributed by atoms with E-state index in [1.54, 1.807) is 24.3 Å². The maximum Gasteiger partial charge on any atom is 0.270 e. The van der Waals surface area contributed by atoms with Crippen LogP contribution in [0.25, 0.3) is 5.69 Å². The largest absolute Gasteiger partial charge is 0.338 e. The number of hydrogen-bond acceptors (Lipinski definition) is 7. The molecule has 0 N–H and O–H groups in total. The lowest BCUT2D eigenvalue weighted by atomic mass is 9.99. The molecule has 3 heterocycles. The maximum atomic E-state index is 11.3. The zero-order valence-electron chi connectivity index (χ0n) is 17.2. The molecule has 0 spiro atoms. The first kappa shape index (κ1) is 20.9. The van der Waals surface area contributed by atoms with Gasteiger partial charge in [-0.25, -0.2) is 0 Å². The molecule has 0 bridgehead atoms. The first-order valence-electron chi connectivity index (χ1n) is 10.1. The van der Waals surface area contributed by atoms with Crippen LogP contribution in [0.3, 0.4) is 0 Å². The second-order valence-electron chi connectivity index (χ2n) is 7.77. The van der Waals surface area contributed by atoms with Gasteiger partial charge in [0.2, 0.25) is 5.95 Å². The second-order valence-corrected chi connectivity index (χ2v) is 8.58. The van der Waals surface area contributed by atoms with Gasteiger partial charge in [-0.15, -0.1) is 10.2 Å². The average molecular weight is 472 g/mol. The minimum absolute atomic E-state index is 0.0216. The molecule has 0 amide bonds. The van der Waals surface area contributed by atoms with E-state index in [2.05, 4.69) is 27.0 Å². The van der Waals surface area contributed by atoms with E-state index >= 15 is 0 Å². The molecule has 0 unspecified atom stereocenters. The molecule has 0 atom stereocenters. The zero-order valence-corrected chi connectivity index (χ0v) is 18.7. The Balaban J connectivity index is 1.70. The minimum atomic E-state index is -0.429. The number of anilines is 1. The molecule has 164 valence electrons. The van der Waals surface area contributed by atoms with Gasteiger partial charge in [-0.05, 0) is 19.2 Å². The van der Waals surface area contributed by atoms with Crippen molar-refractivity contribution in [3.8, 4) is 5.69 Å². The Morgan fingerprint density at radius 1 is 1.03 bits per heavy atom. The number of aliphatic imine (C=N–C) groups is 1. The van der Waals surface area contributed by atoms with Gasteiger partial charge in [-0.1, -0.05) is 35.3 Å². The third kappa shape index (κ3) is 3.52. The maximum absolute atomic E-state index is 11.3. The summed E-state index contributed by atoms with van der Waals surface area (Å²) in [5.74, 6) is 1.32. The van der Waals surface area contributed by atoms with Gasteiger partial charge >= 0.3 is 0 Å². The van der Waals surface area contributed by atoms with Crippen LogP contribution in [-0.4, -0.2) is 63.5 Å². The Morgan fingerprint density at radius 2 is 1.78 bits per heavy atom.